The Morgan fingerprint density at radius 3 is 2.31 bits per heavy atom. The van der Waals surface area contributed by atoms with Crippen molar-refractivity contribution in [2.24, 2.45) is 4.40 Å². The zero-order valence-electron chi connectivity index (χ0n) is 8.50. The topological polar surface area (TPSA) is 29.4 Å². The van der Waals surface area contributed by atoms with Gasteiger partial charge in [0.05, 0.1) is 4.75 Å². The van der Waals surface area contributed by atoms with Gasteiger partial charge in [0.1, 0.15) is 11.0 Å². The van der Waals surface area contributed by atoms with E-state index in [1.54, 1.807) is 0 Å². The third-order valence-electron chi connectivity index (χ3n) is 1.81. The van der Waals surface area contributed by atoms with Gasteiger partial charge in [0.2, 0.25) is 0 Å². The summed E-state index contributed by atoms with van der Waals surface area (Å²) in [5.41, 5.74) is 1.15. The summed E-state index contributed by atoms with van der Waals surface area (Å²) in [6.45, 7) is 5.89. The van der Waals surface area contributed by atoms with Crippen LogP contribution in [-0.4, -0.2) is 26.2 Å². The highest BCUT2D eigenvalue weighted by atomic mass is 32.2. The maximum Gasteiger partial charge on any atom is 0.144 e. The lowest BCUT2D eigenvalue weighted by molar-refractivity contribution is 0.650. The van der Waals surface area contributed by atoms with Crippen LogP contribution in [0.2, 0.25) is 0 Å². The molecule has 1 saturated heterocycles. The molecule has 13 heavy (non-hydrogen) atoms. The normalized spacial score (nSPS) is 21.3. The van der Waals surface area contributed by atoms with Gasteiger partial charge in [-0.25, -0.2) is 4.21 Å². The molecule has 0 saturated carbocycles. The second-order valence-corrected chi connectivity index (χ2v) is 7.26. The molecule has 1 fully saturated rings. The van der Waals surface area contributed by atoms with Crippen molar-refractivity contribution < 1.29 is 4.21 Å². The molecule has 0 amide bonds. The minimum absolute atomic E-state index is 0.211. The minimum atomic E-state index is -1.06. The number of rotatable bonds is 1. The summed E-state index contributed by atoms with van der Waals surface area (Å²) in [7, 11) is -1.06. The minimum Gasteiger partial charge on any atom is -0.234 e. The van der Waals surface area contributed by atoms with Gasteiger partial charge in [-0.05, 0) is 45.1 Å². The van der Waals surface area contributed by atoms with E-state index in [1.165, 1.54) is 0 Å². The van der Waals surface area contributed by atoms with Crippen LogP contribution in [0.25, 0.3) is 0 Å². The highest BCUT2D eigenvalue weighted by Gasteiger charge is 2.20. The van der Waals surface area contributed by atoms with Gasteiger partial charge in [-0.15, -0.1) is 0 Å². The third-order valence-corrected chi connectivity index (χ3v) is 4.26. The summed E-state index contributed by atoms with van der Waals surface area (Å²) in [5, 5.41) is 0. The van der Waals surface area contributed by atoms with Crippen molar-refractivity contribution >= 4 is 28.5 Å². The van der Waals surface area contributed by atoms with Gasteiger partial charge >= 0.3 is 0 Å². The van der Waals surface area contributed by atoms with Crippen molar-refractivity contribution in [1.82, 2.24) is 0 Å². The van der Waals surface area contributed by atoms with E-state index in [0.717, 1.165) is 30.1 Å². The molecule has 76 valence electrons. The van der Waals surface area contributed by atoms with E-state index in [-0.39, 0.29) is 4.75 Å². The molecule has 1 unspecified atom stereocenters. The Labute approximate surface area is 87.2 Å². The summed E-state index contributed by atoms with van der Waals surface area (Å²) in [6, 6.07) is 0. The SMILES string of the molecule is CC(C)(C)S(=O)N=C1CCSCC1. The van der Waals surface area contributed by atoms with Gasteiger partial charge in [-0.1, -0.05) is 0 Å². The predicted molar refractivity (Wildman–Crippen MR) is 61.9 cm³/mol. The van der Waals surface area contributed by atoms with Crippen molar-refractivity contribution in [2.75, 3.05) is 11.5 Å². The van der Waals surface area contributed by atoms with Crippen LogP contribution in [0.4, 0.5) is 0 Å². The average molecular weight is 219 g/mol. The van der Waals surface area contributed by atoms with Crippen LogP contribution in [0, 0.1) is 0 Å². The largest absolute Gasteiger partial charge is 0.234 e. The molecule has 1 atom stereocenters. The fraction of sp³-hybridized carbons (Fsp3) is 0.889. The molecule has 1 aliphatic rings. The van der Waals surface area contributed by atoms with Gasteiger partial charge in [0.25, 0.3) is 0 Å². The standard InChI is InChI=1S/C9H17NOS2/c1-9(2,3)13(11)10-8-4-6-12-7-5-8/h4-7H2,1-3H3. The first-order chi connectivity index (χ1) is 6.00. The van der Waals surface area contributed by atoms with E-state index in [4.69, 9.17) is 0 Å². The Bertz CT molecular complexity index is 222. The molecule has 2 nitrogen and oxygen atoms in total. The Balaban J connectivity index is 2.59. The monoisotopic (exact) mass is 219 g/mol. The van der Waals surface area contributed by atoms with Gasteiger partial charge < -0.3 is 0 Å². The van der Waals surface area contributed by atoms with Gasteiger partial charge in [0, 0.05) is 5.71 Å². The smallest absolute Gasteiger partial charge is 0.144 e. The predicted octanol–water partition coefficient (Wildman–Crippen LogP) is 2.42. The number of nitrogens with zero attached hydrogens (tertiary/aromatic N) is 1. The Hall–Kier alpha value is 0.170. The van der Waals surface area contributed by atoms with Crippen LogP contribution in [-0.2, 0) is 11.0 Å². The second kappa shape index (κ2) is 4.60. The molecule has 0 aliphatic carbocycles. The highest BCUT2D eigenvalue weighted by Crippen LogP contribution is 2.18. The van der Waals surface area contributed by atoms with Crippen LogP contribution >= 0.6 is 11.8 Å². The number of hydrogen-bond donors (Lipinski definition) is 0. The lowest BCUT2D eigenvalue weighted by Gasteiger charge is -2.17. The molecular formula is C9H17NOS2. The van der Waals surface area contributed by atoms with Crippen molar-refractivity contribution in [1.29, 1.82) is 0 Å². The third kappa shape index (κ3) is 3.81. The zero-order chi connectivity index (χ0) is 9.90. The second-order valence-electron chi connectivity index (χ2n) is 4.13. The first-order valence-electron chi connectivity index (χ1n) is 4.56. The summed E-state index contributed by atoms with van der Waals surface area (Å²) in [6.07, 6.45) is 2.04. The van der Waals surface area contributed by atoms with E-state index in [0.29, 0.717) is 0 Å². The number of thioether (sulfide) groups is 1. The van der Waals surface area contributed by atoms with Crippen LogP contribution in [0.1, 0.15) is 33.6 Å². The van der Waals surface area contributed by atoms with Gasteiger partial charge in [0.15, 0.2) is 0 Å². The fourth-order valence-electron chi connectivity index (χ4n) is 0.952. The molecule has 4 heteroatoms. The molecule has 0 aromatic heterocycles. The molecule has 1 aliphatic heterocycles. The van der Waals surface area contributed by atoms with E-state index in [9.17, 15) is 4.21 Å². The molecule has 0 N–H and O–H groups in total. The number of hydrogen-bond acceptors (Lipinski definition) is 2. The molecule has 0 bridgehead atoms. The summed E-state index contributed by atoms with van der Waals surface area (Å²) >= 11 is 1.95. The molecule has 0 radical (unpaired) electrons. The quantitative estimate of drug-likeness (QED) is 0.678. The maximum atomic E-state index is 11.6. The summed E-state index contributed by atoms with van der Waals surface area (Å²) in [4.78, 5) is 0. The van der Waals surface area contributed by atoms with Crippen molar-refractivity contribution in [3.8, 4) is 0 Å². The summed E-state index contributed by atoms with van der Waals surface area (Å²) in [5.74, 6) is 2.28. The molecular weight excluding hydrogens is 202 g/mol. The Kier molecular flexibility index (Phi) is 3.98. The fourth-order valence-corrected chi connectivity index (χ4v) is 2.61. The van der Waals surface area contributed by atoms with Crippen molar-refractivity contribution in [3.05, 3.63) is 0 Å². The Morgan fingerprint density at radius 1 is 1.31 bits per heavy atom. The zero-order valence-corrected chi connectivity index (χ0v) is 10.1. The Morgan fingerprint density at radius 2 is 1.85 bits per heavy atom. The average Bonchev–Trinajstić information content (AvgIpc) is 2.04. The van der Waals surface area contributed by atoms with E-state index < -0.39 is 11.0 Å². The highest BCUT2D eigenvalue weighted by molar-refractivity contribution is 7.99. The lowest BCUT2D eigenvalue weighted by atomic mass is 10.2. The maximum absolute atomic E-state index is 11.6. The molecule has 1 heterocycles. The van der Waals surface area contributed by atoms with Crippen LogP contribution in [0.5, 0.6) is 0 Å². The van der Waals surface area contributed by atoms with E-state index >= 15 is 0 Å². The summed E-state index contributed by atoms with van der Waals surface area (Å²) < 4.78 is 15.7. The van der Waals surface area contributed by atoms with Crippen LogP contribution in [0.3, 0.4) is 0 Å². The first-order valence-corrected chi connectivity index (χ1v) is 6.82. The van der Waals surface area contributed by atoms with Crippen molar-refractivity contribution in [3.63, 3.8) is 0 Å². The molecule has 1 rings (SSSR count). The van der Waals surface area contributed by atoms with Gasteiger partial charge in [-0.3, -0.25) is 0 Å². The molecule has 0 aromatic carbocycles. The lowest BCUT2D eigenvalue weighted by Crippen LogP contribution is -2.22. The van der Waals surface area contributed by atoms with E-state index in [1.807, 2.05) is 32.5 Å². The van der Waals surface area contributed by atoms with Gasteiger partial charge in [-0.2, -0.15) is 16.2 Å². The molecule has 0 aromatic rings. The van der Waals surface area contributed by atoms with E-state index in [2.05, 4.69) is 4.40 Å². The van der Waals surface area contributed by atoms with Crippen LogP contribution < -0.4 is 0 Å². The molecule has 0 spiro atoms. The first kappa shape index (κ1) is 11.2. The van der Waals surface area contributed by atoms with Crippen molar-refractivity contribution in [2.45, 2.75) is 38.4 Å². The van der Waals surface area contributed by atoms with Crippen LogP contribution in [0.15, 0.2) is 4.40 Å².